The van der Waals surface area contributed by atoms with Crippen LogP contribution in [0.25, 0.3) is 0 Å². The van der Waals surface area contributed by atoms with E-state index >= 15 is 0 Å². The lowest BCUT2D eigenvalue weighted by atomic mass is 10.1. The molecule has 0 radical (unpaired) electrons. The molecule has 0 saturated carbocycles. The van der Waals surface area contributed by atoms with Crippen molar-refractivity contribution in [3.05, 3.63) is 29.8 Å². The van der Waals surface area contributed by atoms with Crippen LogP contribution in [0.5, 0.6) is 0 Å². The van der Waals surface area contributed by atoms with Gasteiger partial charge in [-0.25, -0.2) is 4.79 Å². The fourth-order valence-electron chi connectivity index (χ4n) is 2.48. The van der Waals surface area contributed by atoms with Crippen LogP contribution < -0.4 is 5.32 Å². The summed E-state index contributed by atoms with van der Waals surface area (Å²) in [5, 5.41) is 2.98. The molecule has 1 unspecified atom stereocenters. The van der Waals surface area contributed by atoms with Gasteiger partial charge in [-0.3, -0.25) is 4.90 Å². The van der Waals surface area contributed by atoms with Crippen molar-refractivity contribution < 1.29 is 9.53 Å². The summed E-state index contributed by atoms with van der Waals surface area (Å²) in [5.74, 6) is 0. The highest BCUT2D eigenvalue weighted by Gasteiger charge is 2.42. The zero-order valence-electron chi connectivity index (χ0n) is 12.1. The number of urea groups is 1. The lowest BCUT2D eigenvalue weighted by Gasteiger charge is -2.33. The Balaban J connectivity index is 2.17. The highest BCUT2D eigenvalue weighted by molar-refractivity contribution is 5.90. The summed E-state index contributed by atoms with van der Waals surface area (Å²) in [6.07, 6.45) is 0.893. The van der Waals surface area contributed by atoms with Gasteiger partial charge in [0, 0.05) is 5.69 Å². The number of ether oxygens (including phenoxy) is 1. The lowest BCUT2D eigenvalue weighted by molar-refractivity contribution is -0.0301. The summed E-state index contributed by atoms with van der Waals surface area (Å²) < 4.78 is 5.71. The first-order valence-corrected chi connectivity index (χ1v) is 6.75. The number of carbonyl (C=O) groups is 1. The Morgan fingerprint density at radius 3 is 2.79 bits per heavy atom. The Bertz CT molecular complexity index is 471. The van der Waals surface area contributed by atoms with Crippen LogP contribution in [-0.4, -0.2) is 29.3 Å². The highest BCUT2D eigenvalue weighted by Crippen LogP contribution is 2.29. The van der Waals surface area contributed by atoms with E-state index in [0.29, 0.717) is 6.61 Å². The number of aryl methyl sites for hydroxylation is 1. The number of hydrogen-bond acceptors (Lipinski definition) is 2. The van der Waals surface area contributed by atoms with E-state index in [1.165, 1.54) is 0 Å². The number of benzene rings is 1. The Hall–Kier alpha value is -1.55. The van der Waals surface area contributed by atoms with Gasteiger partial charge in [0.15, 0.2) is 0 Å². The van der Waals surface area contributed by atoms with Crippen molar-refractivity contribution in [2.24, 2.45) is 0 Å². The second-order valence-corrected chi connectivity index (χ2v) is 5.43. The topological polar surface area (TPSA) is 41.6 Å². The first-order chi connectivity index (χ1) is 8.95. The molecule has 0 aliphatic carbocycles. The SMILES string of the molecule is CCC1COC(C)(C)N1C(=O)Nc1ccccc1C. The van der Waals surface area contributed by atoms with Crippen molar-refractivity contribution in [3.8, 4) is 0 Å². The molecule has 1 aliphatic heterocycles. The summed E-state index contributed by atoms with van der Waals surface area (Å²) >= 11 is 0. The summed E-state index contributed by atoms with van der Waals surface area (Å²) in [6.45, 7) is 8.52. The standard InChI is InChI=1S/C15H22N2O2/c1-5-12-10-19-15(3,4)17(12)14(18)16-13-9-7-6-8-11(13)2/h6-9,12H,5,10H2,1-4H3,(H,16,18). The predicted octanol–water partition coefficient (Wildman–Crippen LogP) is 3.37. The fraction of sp³-hybridized carbons (Fsp3) is 0.533. The molecular formula is C15H22N2O2. The van der Waals surface area contributed by atoms with E-state index in [-0.39, 0.29) is 12.1 Å². The highest BCUT2D eigenvalue weighted by atomic mass is 16.5. The first-order valence-electron chi connectivity index (χ1n) is 6.75. The Morgan fingerprint density at radius 1 is 1.47 bits per heavy atom. The zero-order valence-corrected chi connectivity index (χ0v) is 12.1. The van der Waals surface area contributed by atoms with Crippen molar-refractivity contribution in [2.45, 2.75) is 45.9 Å². The normalized spacial score (nSPS) is 21.5. The first kappa shape index (κ1) is 13.9. The third kappa shape index (κ3) is 2.73. The van der Waals surface area contributed by atoms with Crippen LogP contribution in [0.4, 0.5) is 10.5 Å². The molecule has 0 bridgehead atoms. The molecule has 19 heavy (non-hydrogen) atoms. The van der Waals surface area contributed by atoms with Gasteiger partial charge in [0.2, 0.25) is 0 Å². The monoisotopic (exact) mass is 262 g/mol. The molecule has 4 nitrogen and oxygen atoms in total. The number of anilines is 1. The minimum atomic E-state index is -0.548. The predicted molar refractivity (Wildman–Crippen MR) is 76.1 cm³/mol. The van der Waals surface area contributed by atoms with E-state index < -0.39 is 5.72 Å². The van der Waals surface area contributed by atoms with Gasteiger partial charge in [-0.15, -0.1) is 0 Å². The van der Waals surface area contributed by atoms with Crippen LogP contribution in [0.1, 0.15) is 32.8 Å². The molecule has 2 rings (SSSR count). The Morgan fingerprint density at radius 2 is 2.16 bits per heavy atom. The van der Waals surface area contributed by atoms with Gasteiger partial charge in [0.05, 0.1) is 12.6 Å². The van der Waals surface area contributed by atoms with Crippen LogP contribution in [0, 0.1) is 6.92 Å². The van der Waals surface area contributed by atoms with Gasteiger partial charge in [-0.1, -0.05) is 25.1 Å². The van der Waals surface area contributed by atoms with Gasteiger partial charge >= 0.3 is 6.03 Å². The number of para-hydroxylation sites is 1. The van der Waals surface area contributed by atoms with Crippen LogP contribution >= 0.6 is 0 Å². The van der Waals surface area contributed by atoms with Gasteiger partial charge in [-0.2, -0.15) is 0 Å². The molecule has 4 heteroatoms. The second kappa shape index (κ2) is 5.21. The van der Waals surface area contributed by atoms with E-state index in [1.54, 1.807) is 4.90 Å². The van der Waals surface area contributed by atoms with E-state index in [2.05, 4.69) is 12.2 Å². The lowest BCUT2D eigenvalue weighted by Crippen LogP contribution is -2.49. The second-order valence-electron chi connectivity index (χ2n) is 5.43. The third-order valence-electron chi connectivity index (χ3n) is 3.65. The van der Waals surface area contributed by atoms with Gasteiger partial charge < -0.3 is 10.1 Å². The maximum Gasteiger partial charge on any atom is 0.324 e. The molecule has 0 aromatic heterocycles. The van der Waals surface area contributed by atoms with E-state index in [4.69, 9.17) is 4.74 Å². The summed E-state index contributed by atoms with van der Waals surface area (Å²) in [4.78, 5) is 14.3. The van der Waals surface area contributed by atoms with Crippen molar-refractivity contribution >= 4 is 11.7 Å². The molecule has 0 spiro atoms. The maximum absolute atomic E-state index is 12.5. The van der Waals surface area contributed by atoms with Crippen molar-refractivity contribution in [1.29, 1.82) is 0 Å². The van der Waals surface area contributed by atoms with Crippen LogP contribution in [-0.2, 0) is 4.74 Å². The Labute approximate surface area is 114 Å². The molecule has 1 aliphatic rings. The minimum absolute atomic E-state index is 0.0938. The molecule has 1 saturated heterocycles. The zero-order chi connectivity index (χ0) is 14.0. The molecule has 1 aromatic rings. The largest absolute Gasteiger partial charge is 0.354 e. The number of hydrogen-bond donors (Lipinski definition) is 1. The number of carbonyl (C=O) groups excluding carboxylic acids is 1. The smallest absolute Gasteiger partial charge is 0.324 e. The number of rotatable bonds is 2. The van der Waals surface area contributed by atoms with E-state index in [9.17, 15) is 4.79 Å². The van der Waals surface area contributed by atoms with Crippen LogP contribution in [0.3, 0.4) is 0 Å². The van der Waals surface area contributed by atoms with E-state index in [0.717, 1.165) is 17.7 Å². The Kier molecular flexibility index (Phi) is 3.80. The molecular weight excluding hydrogens is 240 g/mol. The molecule has 1 heterocycles. The quantitative estimate of drug-likeness (QED) is 0.887. The molecule has 1 N–H and O–H groups in total. The molecule has 1 atom stereocenters. The van der Waals surface area contributed by atoms with Gasteiger partial charge in [0.25, 0.3) is 0 Å². The van der Waals surface area contributed by atoms with Crippen molar-refractivity contribution in [3.63, 3.8) is 0 Å². The maximum atomic E-state index is 12.5. The number of nitrogens with one attached hydrogen (secondary N) is 1. The summed E-state index contributed by atoms with van der Waals surface area (Å²) in [7, 11) is 0. The summed E-state index contributed by atoms with van der Waals surface area (Å²) in [6, 6.07) is 7.83. The third-order valence-corrected chi connectivity index (χ3v) is 3.65. The molecule has 1 fully saturated rings. The van der Waals surface area contributed by atoms with Crippen LogP contribution in [0.2, 0.25) is 0 Å². The van der Waals surface area contributed by atoms with Gasteiger partial charge in [0.1, 0.15) is 5.72 Å². The summed E-state index contributed by atoms with van der Waals surface area (Å²) in [5.41, 5.74) is 1.36. The average molecular weight is 262 g/mol. The molecule has 1 aromatic carbocycles. The van der Waals surface area contributed by atoms with Gasteiger partial charge in [-0.05, 0) is 38.8 Å². The minimum Gasteiger partial charge on any atom is -0.354 e. The number of nitrogens with zero attached hydrogens (tertiary/aromatic N) is 1. The van der Waals surface area contributed by atoms with Crippen molar-refractivity contribution in [1.82, 2.24) is 4.90 Å². The van der Waals surface area contributed by atoms with Crippen LogP contribution in [0.15, 0.2) is 24.3 Å². The average Bonchev–Trinajstić information content (AvgIpc) is 2.67. The molecule has 104 valence electrons. The van der Waals surface area contributed by atoms with E-state index in [1.807, 2.05) is 45.0 Å². The number of amides is 2. The van der Waals surface area contributed by atoms with Crippen molar-refractivity contribution in [2.75, 3.05) is 11.9 Å². The molecule has 2 amide bonds. The fourth-order valence-corrected chi connectivity index (χ4v) is 2.48.